The second-order valence-electron chi connectivity index (χ2n) is 4.81. The van der Waals surface area contributed by atoms with E-state index in [-0.39, 0.29) is 0 Å². The Hall–Kier alpha value is 0.140. The molecule has 1 saturated carbocycles. The van der Waals surface area contributed by atoms with E-state index in [1.54, 1.807) is 0 Å². The van der Waals surface area contributed by atoms with Crippen LogP contribution in [0.15, 0.2) is 15.9 Å². The third-order valence-electron chi connectivity index (χ3n) is 3.33. The van der Waals surface area contributed by atoms with Crippen LogP contribution in [0.2, 0.25) is 0 Å². The summed E-state index contributed by atoms with van der Waals surface area (Å²) < 4.78 is 1.25. The van der Waals surface area contributed by atoms with Crippen LogP contribution in [0, 0.1) is 5.92 Å². The lowest BCUT2D eigenvalue weighted by molar-refractivity contribution is 0.406. The van der Waals surface area contributed by atoms with E-state index in [2.05, 4.69) is 46.5 Å². The predicted octanol–water partition coefficient (Wildman–Crippen LogP) is 4.74. The first-order valence-corrected chi connectivity index (χ1v) is 7.87. The van der Waals surface area contributed by atoms with Crippen molar-refractivity contribution >= 4 is 27.3 Å². The molecule has 2 atom stereocenters. The summed E-state index contributed by atoms with van der Waals surface area (Å²) in [6.45, 7) is 4.56. The zero-order valence-electron chi connectivity index (χ0n) is 10.0. The normalized spacial score (nSPS) is 19.7. The van der Waals surface area contributed by atoms with Gasteiger partial charge in [0.15, 0.2) is 0 Å². The van der Waals surface area contributed by atoms with Crippen molar-refractivity contribution in [1.82, 2.24) is 5.32 Å². The molecule has 16 heavy (non-hydrogen) atoms. The highest BCUT2D eigenvalue weighted by Gasteiger charge is 2.25. The Bertz CT molecular complexity index is 332. The van der Waals surface area contributed by atoms with Gasteiger partial charge in [-0.05, 0) is 53.1 Å². The van der Waals surface area contributed by atoms with Crippen LogP contribution in [0.1, 0.15) is 50.4 Å². The monoisotopic (exact) mass is 301 g/mol. The zero-order chi connectivity index (χ0) is 11.5. The molecule has 90 valence electrons. The minimum atomic E-state index is 0.470. The quantitative estimate of drug-likeness (QED) is 0.800. The molecule has 0 spiro atoms. The van der Waals surface area contributed by atoms with Gasteiger partial charge >= 0.3 is 0 Å². The Kier molecular flexibility index (Phi) is 4.45. The SMILES string of the molecule is CCC(CC1CC1)NC(C)c1sccc1Br. The van der Waals surface area contributed by atoms with Crippen LogP contribution >= 0.6 is 27.3 Å². The first-order chi connectivity index (χ1) is 7.70. The predicted molar refractivity (Wildman–Crippen MR) is 75.0 cm³/mol. The number of nitrogens with one attached hydrogen (secondary N) is 1. The van der Waals surface area contributed by atoms with Crippen LogP contribution in [0.25, 0.3) is 0 Å². The Balaban J connectivity index is 1.89. The molecule has 0 radical (unpaired) electrons. The van der Waals surface area contributed by atoms with Crippen molar-refractivity contribution in [2.75, 3.05) is 0 Å². The molecule has 1 aromatic rings. The molecule has 1 fully saturated rings. The van der Waals surface area contributed by atoms with E-state index < -0.39 is 0 Å². The lowest BCUT2D eigenvalue weighted by Crippen LogP contribution is -2.31. The molecule has 1 aliphatic carbocycles. The lowest BCUT2D eigenvalue weighted by atomic mass is 10.1. The van der Waals surface area contributed by atoms with Gasteiger partial charge in [-0.15, -0.1) is 11.3 Å². The van der Waals surface area contributed by atoms with Crippen molar-refractivity contribution < 1.29 is 0 Å². The van der Waals surface area contributed by atoms with Crippen LogP contribution in [-0.2, 0) is 0 Å². The number of rotatable bonds is 6. The number of halogens is 1. The summed E-state index contributed by atoms with van der Waals surface area (Å²) in [6, 6.07) is 3.30. The summed E-state index contributed by atoms with van der Waals surface area (Å²) in [6.07, 6.45) is 5.51. The molecule has 0 amide bonds. The van der Waals surface area contributed by atoms with Crippen molar-refractivity contribution in [3.63, 3.8) is 0 Å². The minimum absolute atomic E-state index is 0.470. The van der Waals surface area contributed by atoms with E-state index in [0.29, 0.717) is 12.1 Å². The highest BCUT2D eigenvalue weighted by Crippen LogP contribution is 2.35. The third kappa shape index (κ3) is 3.31. The fourth-order valence-electron chi connectivity index (χ4n) is 2.15. The fraction of sp³-hybridized carbons (Fsp3) is 0.692. The van der Waals surface area contributed by atoms with Gasteiger partial charge in [-0.25, -0.2) is 0 Å². The maximum atomic E-state index is 3.76. The Labute approximate surface area is 111 Å². The number of hydrogen-bond acceptors (Lipinski definition) is 2. The van der Waals surface area contributed by atoms with Crippen LogP contribution in [-0.4, -0.2) is 6.04 Å². The molecule has 3 heteroatoms. The highest BCUT2D eigenvalue weighted by atomic mass is 79.9. The minimum Gasteiger partial charge on any atom is -0.307 e. The van der Waals surface area contributed by atoms with Crippen molar-refractivity contribution in [2.24, 2.45) is 5.92 Å². The van der Waals surface area contributed by atoms with Gasteiger partial charge in [-0.1, -0.05) is 19.8 Å². The molecular formula is C13H20BrNS. The molecule has 0 aromatic carbocycles. The number of hydrogen-bond donors (Lipinski definition) is 1. The number of thiophene rings is 1. The standard InChI is InChI=1S/C13H20BrNS/c1-3-11(8-10-4-5-10)15-9(2)13-12(14)6-7-16-13/h6-7,9-11,15H,3-5,8H2,1-2H3. The van der Waals surface area contributed by atoms with Gasteiger partial charge in [-0.3, -0.25) is 0 Å². The van der Waals surface area contributed by atoms with E-state index in [1.807, 2.05) is 11.3 Å². The second-order valence-corrected chi connectivity index (χ2v) is 6.61. The molecule has 0 saturated heterocycles. The highest BCUT2D eigenvalue weighted by molar-refractivity contribution is 9.10. The molecule has 1 aliphatic rings. The summed E-state index contributed by atoms with van der Waals surface area (Å²) in [4.78, 5) is 1.43. The summed E-state index contributed by atoms with van der Waals surface area (Å²) in [7, 11) is 0. The first-order valence-electron chi connectivity index (χ1n) is 6.19. The van der Waals surface area contributed by atoms with Crippen molar-refractivity contribution in [3.05, 3.63) is 20.8 Å². The Morgan fingerprint density at radius 1 is 1.56 bits per heavy atom. The van der Waals surface area contributed by atoms with E-state index in [9.17, 15) is 0 Å². The molecule has 2 unspecified atom stereocenters. The lowest BCUT2D eigenvalue weighted by Gasteiger charge is -2.22. The van der Waals surface area contributed by atoms with Gasteiger partial charge < -0.3 is 5.32 Å². The van der Waals surface area contributed by atoms with Gasteiger partial charge in [0.25, 0.3) is 0 Å². The zero-order valence-corrected chi connectivity index (χ0v) is 12.4. The third-order valence-corrected chi connectivity index (χ3v) is 5.38. The van der Waals surface area contributed by atoms with Crippen molar-refractivity contribution in [1.29, 1.82) is 0 Å². The van der Waals surface area contributed by atoms with Gasteiger partial charge in [-0.2, -0.15) is 0 Å². The summed E-state index contributed by atoms with van der Waals surface area (Å²) in [5.74, 6) is 1.01. The van der Waals surface area contributed by atoms with Gasteiger partial charge in [0.05, 0.1) is 0 Å². The first kappa shape index (κ1) is 12.6. The maximum Gasteiger partial charge on any atom is 0.0399 e. The van der Waals surface area contributed by atoms with E-state index in [4.69, 9.17) is 0 Å². The largest absolute Gasteiger partial charge is 0.307 e. The average Bonchev–Trinajstić information content (AvgIpc) is 2.97. The second kappa shape index (κ2) is 5.65. The summed E-state index contributed by atoms with van der Waals surface area (Å²) >= 11 is 5.45. The molecule has 2 rings (SSSR count). The smallest absolute Gasteiger partial charge is 0.0399 e. The molecular weight excluding hydrogens is 282 g/mol. The molecule has 0 bridgehead atoms. The molecule has 1 heterocycles. The van der Waals surface area contributed by atoms with Crippen molar-refractivity contribution in [2.45, 2.75) is 51.6 Å². The van der Waals surface area contributed by atoms with Crippen LogP contribution in [0.5, 0.6) is 0 Å². The van der Waals surface area contributed by atoms with E-state index >= 15 is 0 Å². The average molecular weight is 302 g/mol. The topological polar surface area (TPSA) is 12.0 Å². The molecule has 0 aliphatic heterocycles. The van der Waals surface area contributed by atoms with E-state index in [0.717, 1.165) is 5.92 Å². The Morgan fingerprint density at radius 3 is 2.81 bits per heavy atom. The molecule has 1 nitrogen and oxygen atoms in total. The van der Waals surface area contributed by atoms with Gasteiger partial charge in [0.2, 0.25) is 0 Å². The maximum absolute atomic E-state index is 3.76. The molecule has 1 aromatic heterocycles. The van der Waals surface area contributed by atoms with E-state index in [1.165, 1.54) is 35.0 Å². The van der Waals surface area contributed by atoms with Crippen LogP contribution in [0.3, 0.4) is 0 Å². The van der Waals surface area contributed by atoms with Gasteiger partial charge in [0.1, 0.15) is 0 Å². The van der Waals surface area contributed by atoms with Crippen LogP contribution < -0.4 is 5.32 Å². The summed E-state index contributed by atoms with van der Waals surface area (Å²) in [5, 5.41) is 5.91. The van der Waals surface area contributed by atoms with Crippen LogP contribution in [0.4, 0.5) is 0 Å². The van der Waals surface area contributed by atoms with Crippen molar-refractivity contribution in [3.8, 4) is 0 Å². The molecule has 1 N–H and O–H groups in total. The fourth-order valence-corrected chi connectivity index (χ4v) is 3.89. The van der Waals surface area contributed by atoms with Gasteiger partial charge in [0, 0.05) is 21.4 Å². The Morgan fingerprint density at radius 2 is 2.31 bits per heavy atom. The summed E-state index contributed by atoms with van der Waals surface area (Å²) in [5.41, 5.74) is 0.